The van der Waals surface area contributed by atoms with Gasteiger partial charge in [-0.1, -0.05) is 0 Å². The number of halogens is 1. The normalized spacial score (nSPS) is 10.1. The van der Waals surface area contributed by atoms with Gasteiger partial charge in [0.05, 0.1) is 5.69 Å². The molecule has 5 heteroatoms. The SMILES string of the molecule is Nc1cc(Nc2ccc(O)cc2F)ccn1. The third kappa shape index (κ3) is 2.20. The highest BCUT2D eigenvalue weighted by atomic mass is 19.1. The van der Waals surface area contributed by atoms with Crippen LogP contribution in [0.3, 0.4) is 0 Å². The van der Waals surface area contributed by atoms with Gasteiger partial charge in [-0.2, -0.15) is 0 Å². The van der Waals surface area contributed by atoms with Crippen molar-refractivity contribution in [2.75, 3.05) is 11.1 Å². The molecule has 0 radical (unpaired) electrons. The van der Waals surface area contributed by atoms with Crippen LogP contribution in [0.5, 0.6) is 5.75 Å². The van der Waals surface area contributed by atoms with Crippen molar-refractivity contribution in [2.24, 2.45) is 0 Å². The minimum absolute atomic E-state index is 0.114. The Morgan fingerprint density at radius 2 is 2.06 bits per heavy atom. The molecule has 82 valence electrons. The summed E-state index contributed by atoms with van der Waals surface area (Å²) in [6.45, 7) is 0. The van der Waals surface area contributed by atoms with Crippen molar-refractivity contribution in [3.8, 4) is 5.75 Å². The van der Waals surface area contributed by atoms with Crippen LogP contribution >= 0.6 is 0 Å². The topological polar surface area (TPSA) is 71.2 Å². The average molecular weight is 219 g/mol. The first kappa shape index (κ1) is 10.2. The van der Waals surface area contributed by atoms with Crippen LogP contribution in [-0.2, 0) is 0 Å². The van der Waals surface area contributed by atoms with Gasteiger partial charge in [0.1, 0.15) is 17.4 Å². The molecule has 1 heterocycles. The van der Waals surface area contributed by atoms with Gasteiger partial charge in [-0.3, -0.25) is 0 Å². The van der Waals surface area contributed by atoms with Crippen LogP contribution < -0.4 is 11.1 Å². The number of aromatic hydroxyl groups is 1. The lowest BCUT2D eigenvalue weighted by molar-refractivity contribution is 0.469. The average Bonchev–Trinajstić information content (AvgIpc) is 2.22. The number of benzene rings is 1. The molecule has 0 spiro atoms. The van der Waals surface area contributed by atoms with Gasteiger partial charge in [0.15, 0.2) is 0 Å². The third-order valence-electron chi connectivity index (χ3n) is 2.01. The highest BCUT2D eigenvalue weighted by Crippen LogP contribution is 2.23. The van der Waals surface area contributed by atoms with Gasteiger partial charge in [0.2, 0.25) is 0 Å². The van der Waals surface area contributed by atoms with Crippen molar-refractivity contribution < 1.29 is 9.50 Å². The molecule has 0 aliphatic heterocycles. The zero-order valence-corrected chi connectivity index (χ0v) is 8.31. The number of phenolic OH excluding ortho intramolecular Hbond substituents is 1. The fourth-order valence-electron chi connectivity index (χ4n) is 1.29. The number of aromatic nitrogens is 1. The molecule has 0 atom stereocenters. The van der Waals surface area contributed by atoms with Crippen LogP contribution in [0.2, 0.25) is 0 Å². The molecular formula is C11H10FN3O. The summed E-state index contributed by atoms with van der Waals surface area (Å²) in [5, 5.41) is 11.9. The molecule has 16 heavy (non-hydrogen) atoms. The minimum Gasteiger partial charge on any atom is -0.508 e. The number of phenols is 1. The van der Waals surface area contributed by atoms with Crippen molar-refractivity contribution in [1.82, 2.24) is 4.98 Å². The van der Waals surface area contributed by atoms with E-state index in [2.05, 4.69) is 10.3 Å². The van der Waals surface area contributed by atoms with Crippen molar-refractivity contribution in [1.29, 1.82) is 0 Å². The van der Waals surface area contributed by atoms with E-state index in [0.29, 0.717) is 11.5 Å². The number of pyridine rings is 1. The van der Waals surface area contributed by atoms with Crippen LogP contribution in [0, 0.1) is 5.82 Å². The smallest absolute Gasteiger partial charge is 0.150 e. The lowest BCUT2D eigenvalue weighted by Crippen LogP contribution is -1.96. The Morgan fingerprint density at radius 3 is 2.75 bits per heavy atom. The molecular weight excluding hydrogens is 209 g/mol. The summed E-state index contributed by atoms with van der Waals surface area (Å²) in [6, 6.07) is 7.14. The molecule has 0 bridgehead atoms. The van der Waals surface area contributed by atoms with E-state index in [1.807, 2.05) is 0 Å². The Morgan fingerprint density at radius 1 is 1.25 bits per heavy atom. The fourth-order valence-corrected chi connectivity index (χ4v) is 1.29. The molecule has 4 N–H and O–H groups in total. The second kappa shape index (κ2) is 4.06. The third-order valence-corrected chi connectivity index (χ3v) is 2.01. The lowest BCUT2D eigenvalue weighted by Gasteiger charge is -2.07. The predicted molar refractivity (Wildman–Crippen MR) is 60.0 cm³/mol. The van der Waals surface area contributed by atoms with Gasteiger partial charge in [-0.15, -0.1) is 0 Å². The van der Waals surface area contributed by atoms with Crippen LogP contribution in [0.15, 0.2) is 36.5 Å². The lowest BCUT2D eigenvalue weighted by atomic mass is 10.2. The number of nitrogen functional groups attached to an aromatic ring is 1. The molecule has 2 rings (SSSR count). The maximum atomic E-state index is 13.4. The summed E-state index contributed by atoms with van der Waals surface area (Å²) in [6.07, 6.45) is 1.52. The van der Waals surface area contributed by atoms with E-state index >= 15 is 0 Å². The molecule has 0 unspecified atom stereocenters. The van der Waals surface area contributed by atoms with Gasteiger partial charge < -0.3 is 16.2 Å². The first-order chi connectivity index (χ1) is 7.65. The van der Waals surface area contributed by atoms with Crippen LogP contribution in [0.4, 0.5) is 21.6 Å². The first-order valence-corrected chi connectivity index (χ1v) is 4.62. The van der Waals surface area contributed by atoms with E-state index in [-0.39, 0.29) is 11.4 Å². The molecule has 0 aliphatic rings. The van der Waals surface area contributed by atoms with Crippen molar-refractivity contribution in [3.63, 3.8) is 0 Å². The fraction of sp³-hybridized carbons (Fsp3) is 0. The Hall–Kier alpha value is -2.30. The van der Waals surface area contributed by atoms with Crippen LogP contribution in [0.25, 0.3) is 0 Å². The summed E-state index contributed by atoms with van der Waals surface area (Å²) in [4.78, 5) is 3.82. The van der Waals surface area contributed by atoms with Crippen molar-refractivity contribution >= 4 is 17.2 Å². The van der Waals surface area contributed by atoms with Crippen molar-refractivity contribution in [2.45, 2.75) is 0 Å². The molecule has 0 aliphatic carbocycles. The Balaban J connectivity index is 2.27. The standard InChI is InChI=1S/C11H10FN3O/c12-9-6-8(16)1-2-10(9)15-7-3-4-14-11(13)5-7/h1-6,16H,(H3,13,14,15). The Bertz CT molecular complexity index is 516. The second-order valence-electron chi connectivity index (χ2n) is 3.26. The zero-order chi connectivity index (χ0) is 11.5. The molecule has 1 aromatic carbocycles. The summed E-state index contributed by atoms with van der Waals surface area (Å²) in [5.74, 6) is -0.295. The number of nitrogens with one attached hydrogen (secondary N) is 1. The summed E-state index contributed by atoms with van der Waals surface area (Å²) in [7, 11) is 0. The molecule has 0 saturated carbocycles. The predicted octanol–water partition coefficient (Wildman–Crippen LogP) is 2.25. The monoisotopic (exact) mass is 219 g/mol. The quantitative estimate of drug-likeness (QED) is 0.677. The molecule has 4 nitrogen and oxygen atoms in total. The van der Waals surface area contributed by atoms with Gasteiger partial charge >= 0.3 is 0 Å². The molecule has 0 saturated heterocycles. The summed E-state index contributed by atoms with van der Waals surface area (Å²) < 4.78 is 13.4. The Labute approximate surface area is 91.6 Å². The highest BCUT2D eigenvalue weighted by Gasteiger charge is 2.03. The van der Waals surface area contributed by atoms with E-state index in [0.717, 1.165) is 6.07 Å². The summed E-state index contributed by atoms with van der Waals surface area (Å²) in [5.41, 5.74) is 6.39. The zero-order valence-electron chi connectivity index (χ0n) is 8.31. The minimum atomic E-state index is -0.532. The molecule has 0 fully saturated rings. The van der Waals surface area contributed by atoms with Gasteiger partial charge in [0, 0.05) is 24.0 Å². The van der Waals surface area contributed by atoms with Gasteiger partial charge in [-0.05, 0) is 18.2 Å². The number of nitrogens with zero attached hydrogens (tertiary/aromatic N) is 1. The molecule has 2 aromatic rings. The highest BCUT2D eigenvalue weighted by molar-refractivity contribution is 5.62. The van der Waals surface area contributed by atoms with E-state index in [1.165, 1.54) is 18.3 Å². The van der Waals surface area contributed by atoms with E-state index in [1.54, 1.807) is 12.1 Å². The first-order valence-electron chi connectivity index (χ1n) is 4.62. The number of hydrogen-bond acceptors (Lipinski definition) is 4. The largest absolute Gasteiger partial charge is 0.508 e. The summed E-state index contributed by atoms with van der Waals surface area (Å²) >= 11 is 0. The molecule has 0 amide bonds. The molecule has 1 aromatic heterocycles. The maximum Gasteiger partial charge on any atom is 0.150 e. The van der Waals surface area contributed by atoms with Crippen LogP contribution in [0.1, 0.15) is 0 Å². The number of anilines is 3. The Kier molecular flexibility index (Phi) is 2.59. The number of hydrogen-bond donors (Lipinski definition) is 3. The second-order valence-corrected chi connectivity index (χ2v) is 3.26. The van der Waals surface area contributed by atoms with Crippen molar-refractivity contribution in [3.05, 3.63) is 42.3 Å². The number of nitrogens with two attached hydrogens (primary N) is 1. The van der Waals surface area contributed by atoms with E-state index in [9.17, 15) is 4.39 Å². The van der Waals surface area contributed by atoms with E-state index in [4.69, 9.17) is 10.8 Å². The number of rotatable bonds is 2. The van der Waals surface area contributed by atoms with Gasteiger partial charge in [-0.25, -0.2) is 9.37 Å². The maximum absolute atomic E-state index is 13.4. The van der Waals surface area contributed by atoms with Crippen LogP contribution in [-0.4, -0.2) is 10.1 Å². The van der Waals surface area contributed by atoms with Gasteiger partial charge in [0.25, 0.3) is 0 Å². The van der Waals surface area contributed by atoms with E-state index < -0.39 is 5.82 Å².